The van der Waals surface area contributed by atoms with Crippen LogP contribution in [-0.2, 0) is 12.0 Å². The van der Waals surface area contributed by atoms with Gasteiger partial charge in [-0.15, -0.1) is 11.8 Å². The Balaban J connectivity index is 2.46. The van der Waals surface area contributed by atoms with E-state index in [2.05, 4.69) is 43.6 Å². The molecule has 0 amide bonds. The Bertz CT molecular complexity index is 344. The molecule has 0 aromatic heterocycles. The Morgan fingerprint density at radius 2 is 2.14 bits per heavy atom. The van der Waals surface area contributed by atoms with Gasteiger partial charge in [-0.3, -0.25) is 0 Å². The average molecular weight is 207 g/mol. The summed E-state index contributed by atoms with van der Waals surface area (Å²) in [5.41, 5.74) is 3.26. The molecule has 2 heteroatoms. The Morgan fingerprint density at radius 1 is 1.36 bits per heavy atom. The number of benzene rings is 1. The van der Waals surface area contributed by atoms with Gasteiger partial charge < -0.3 is 5.32 Å². The maximum Gasteiger partial charge on any atom is 0.0209 e. The molecule has 0 saturated heterocycles. The van der Waals surface area contributed by atoms with E-state index in [1.54, 1.807) is 0 Å². The lowest BCUT2D eigenvalue weighted by Gasteiger charge is -2.33. The molecule has 1 heterocycles. The van der Waals surface area contributed by atoms with E-state index in [9.17, 15) is 0 Å². The minimum atomic E-state index is 0.282. The van der Waals surface area contributed by atoms with E-state index in [4.69, 9.17) is 0 Å². The topological polar surface area (TPSA) is 12.0 Å². The van der Waals surface area contributed by atoms with Gasteiger partial charge in [0, 0.05) is 23.4 Å². The molecule has 76 valence electrons. The van der Waals surface area contributed by atoms with E-state index in [1.807, 2.05) is 11.8 Å². The molecular weight excluding hydrogens is 190 g/mol. The quantitative estimate of drug-likeness (QED) is 0.711. The maximum absolute atomic E-state index is 3.47. The van der Waals surface area contributed by atoms with Crippen molar-refractivity contribution in [2.75, 3.05) is 12.8 Å². The molecule has 0 saturated carbocycles. The fraction of sp³-hybridized carbons (Fsp3) is 0.500. The zero-order chi connectivity index (χ0) is 10.2. The van der Waals surface area contributed by atoms with E-state index < -0.39 is 0 Å². The van der Waals surface area contributed by atoms with Crippen LogP contribution in [-0.4, -0.2) is 12.8 Å². The Labute approximate surface area is 90.3 Å². The van der Waals surface area contributed by atoms with Crippen molar-refractivity contribution in [3.8, 4) is 0 Å². The summed E-state index contributed by atoms with van der Waals surface area (Å²) in [5, 5.41) is 3.47. The van der Waals surface area contributed by atoms with Crippen LogP contribution in [0, 0.1) is 0 Å². The van der Waals surface area contributed by atoms with Gasteiger partial charge in [0.2, 0.25) is 0 Å². The van der Waals surface area contributed by atoms with Gasteiger partial charge in [0.1, 0.15) is 0 Å². The average Bonchev–Trinajstić information content (AvgIpc) is 2.16. The van der Waals surface area contributed by atoms with Crippen LogP contribution in [0.2, 0.25) is 0 Å². The molecule has 0 spiro atoms. The molecule has 1 aliphatic heterocycles. The zero-order valence-corrected chi connectivity index (χ0v) is 9.87. The number of fused-ring (bicyclic) bond motifs is 1. The summed E-state index contributed by atoms with van der Waals surface area (Å²) < 4.78 is 0. The maximum atomic E-state index is 3.47. The van der Waals surface area contributed by atoms with Gasteiger partial charge in [-0.25, -0.2) is 0 Å². The summed E-state index contributed by atoms with van der Waals surface area (Å²) in [5.74, 6) is 0. The first-order valence-electron chi connectivity index (χ1n) is 5.01. The fourth-order valence-electron chi connectivity index (χ4n) is 2.11. The lowest BCUT2D eigenvalue weighted by atomic mass is 9.79. The van der Waals surface area contributed by atoms with Crippen LogP contribution in [0.1, 0.15) is 25.0 Å². The molecule has 0 fully saturated rings. The van der Waals surface area contributed by atoms with Crippen molar-refractivity contribution in [2.45, 2.75) is 30.7 Å². The Morgan fingerprint density at radius 3 is 2.86 bits per heavy atom. The molecule has 0 radical (unpaired) electrons. The molecule has 0 aliphatic carbocycles. The van der Waals surface area contributed by atoms with Crippen molar-refractivity contribution in [1.82, 2.24) is 5.32 Å². The second-order valence-electron chi connectivity index (χ2n) is 4.51. The fourth-order valence-corrected chi connectivity index (χ4v) is 2.57. The van der Waals surface area contributed by atoms with Gasteiger partial charge in [-0.05, 0) is 29.5 Å². The summed E-state index contributed by atoms with van der Waals surface area (Å²) in [7, 11) is 0. The van der Waals surface area contributed by atoms with Crippen molar-refractivity contribution < 1.29 is 0 Å². The highest BCUT2D eigenvalue weighted by atomic mass is 32.2. The second-order valence-corrected chi connectivity index (χ2v) is 5.39. The predicted octanol–water partition coefficient (Wildman–Crippen LogP) is 2.79. The third kappa shape index (κ3) is 1.69. The summed E-state index contributed by atoms with van der Waals surface area (Å²) in [6, 6.07) is 6.84. The van der Waals surface area contributed by atoms with E-state index in [0.29, 0.717) is 0 Å². The van der Waals surface area contributed by atoms with Crippen LogP contribution in [0.15, 0.2) is 23.1 Å². The van der Waals surface area contributed by atoms with Gasteiger partial charge >= 0.3 is 0 Å². The van der Waals surface area contributed by atoms with Gasteiger partial charge in [0.25, 0.3) is 0 Å². The monoisotopic (exact) mass is 207 g/mol. The highest BCUT2D eigenvalue weighted by Gasteiger charge is 2.26. The second kappa shape index (κ2) is 3.59. The van der Waals surface area contributed by atoms with Crippen molar-refractivity contribution in [3.05, 3.63) is 29.3 Å². The summed E-state index contributed by atoms with van der Waals surface area (Å²) in [6.07, 6.45) is 2.13. The van der Waals surface area contributed by atoms with Crippen LogP contribution >= 0.6 is 11.8 Å². The van der Waals surface area contributed by atoms with Crippen LogP contribution in [0.5, 0.6) is 0 Å². The Hall–Kier alpha value is -0.470. The third-order valence-corrected chi connectivity index (χ3v) is 3.65. The van der Waals surface area contributed by atoms with Crippen molar-refractivity contribution in [1.29, 1.82) is 0 Å². The normalized spacial score (nSPS) is 19.1. The first kappa shape index (κ1) is 10.1. The van der Waals surface area contributed by atoms with E-state index in [0.717, 1.165) is 13.1 Å². The van der Waals surface area contributed by atoms with Crippen molar-refractivity contribution in [3.63, 3.8) is 0 Å². The van der Waals surface area contributed by atoms with Gasteiger partial charge in [0.05, 0.1) is 0 Å². The standard InChI is InChI=1S/C12H17NS/c1-12(2)8-13-7-9-6-10(14-3)4-5-11(9)12/h4-6,13H,7-8H2,1-3H3. The molecule has 0 bridgehead atoms. The van der Waals surface area contributed by atoms with E-state index in [1.165, 1.54) is 16.0 Å². The molecule has 14 heavy (non-hydrogen) atoms. The number of rotatable bonds is 1. The van der Waals surface area contributed by atoms with E-state index in [-0.39, 0.29) is 5.41 Å². The molecule has 1 aromatic carbocycles. The Kier molecular flexibility index (Phi) is 2.58. The lowest BCUT2D eigenvalue weighted by Crippen LogP contribution is -2.38. The molecule has 0 unspecified atom stereocenters. The molecule has 1 aliphatic rings. The van der Waals surface area contributed by atoms with Crippen molar-refractivity contribution >= 4 is 11.8 Å². The number of thioether (sulfide) groups is 1. The summed E-state index contributed by atoms with van der Waals surface area (Å²) in [4.78, 5) is 1.36. The minimum Gasteiger partial charge on any atom is -0.312 e. The largest absolute Gasteiger partial charge is 0.312 e. The van der Waals surface area contributed by atoms with Crippen LogP contribution in [0.3, 0.4) is 0 Å². The number of hydrogen-bond acceptors (Lipinski definition) is 2. The zero-order valence-electron chi connectivity index (χ0n) is 9.05. The minimum absolute atomic E-state index is 0.282. The lowest BCUT2D eigenvalue weighted by molar-refractivity contribution is 0.434. The summed E-state index contributed by atoms with van der Waals surface area (Å²) >= 11 is 1.81. The van der Waals surface area contributed by atoms with E-state index >= 15 is 0 Å². The third-order valence-electron chi connectivity index (χ3n) is 2.92. The van der Waals surface area contributed by atoms with Crippen molar-refractivity contribution in [2.24, 2.45) is 0 Å². The molecule has 1 N–H and O–H groups in total. The molecular formula is C12H17NS. The molecule has 2 rings (SSSR count). The van der Waals surface area contributed by atoms with Gasteiger partial charge in [0.15, 0.2) is 0 Å². The highest BCUT2D eigenvalue weighted by molar-refractivity contribution is 7.98. The van der Waals surface area contributed by atoms with Crippen LogP contribution in [0.4, 0.5) is 0 Å². The highest BCUT2D eigenvalue weighted by Crippen LogP contribution is 2.31. The van der Waals surface area contributed by atoms with Gasteiger partial charge in [-0.1, -0.05) is 19.9 Å². The first-order chi connectivity index (χ1) is 6.63. The SMILES string of the molecule is CSc1ccc2c(c1)CNCC2(C)C. The van der Waals surface area contributed by atoms with Crippen LogP contribution in [0.25, 0.3) is 0 Å². The number of nitrogens with one attached hydrogen (secondary N) is 1. The van der Waals surface area contributed by atoms with Gasteiger partial charge in [-0.2, -0.15) is 0 Å². The molecule has 1 nitrogen and oxygen atoms in total. The molecule has 0 atom stereocenters. The van der Waals surface area contributed by atoms with Crippen LogP contribution < -0.4 is 5.32 Å². The first-order valence-corrected chi connectivity index (χ1v) is 6.24. The number of hydrogen-bond donors (Lipinski definition) is 1. The smallest absolute Gasteiger partial charge is 0.0209 e. The molecule has 1 aromatic rings. The predicted molar refractivity (Wildman–Crippen MR) is 63.0 cm³/mol. The summed E-state index contributed by atoms with van der Waals surface area (Å²) in [6.45, 7) is 6.71.